The summed E-state index contributed by atoms with van der Waals surface area (Å²) >= 11 is 3.20. The Balaban J connectivity index is 3.13. The summed E-state index contributed by atoms with van der Waals surface area (Å²) in [6, 6.07) is 2.61. The van der Waals surface area contributed by atoms with E-state index in [1.165, 1.54) is 33.3 Å². The first-order chi connectivity index (χ1) is 9.71. The van der Waals surface area contributed by atoms with Crippen LogP contribution in [0.15, 0.2) is 16.6 Å². The highest BCUT2D eigenvalue weighted by Crippen LogP contribution is 2.44. The van der Waals surface area contributed by atoms with Crippen molar-refractivity contribution in [1.29, 1.82) is 0 Å². The first kappa shape index (κ1) is 17.7. The first-order valence-corrected chi connectivity index (χ1v) is 7.02. The van der Waals surface area contributed by atoms with Gasteiger partial charge in [0, 0.05) is 12.8 Å². The van der Waals surface area contributed by atoms with Gasteiger partial charge in [0.25, 0.3) is 5.92 Å². The molecule has 0 saturated carbocycles. The van der Waals surface area contributed by atoms with E-state index in [0.29, 0.717) is 4.47 Å². The maximum atomic E-state index is 14.4. The fourth-order valence-corrected chi connectivity index (χ4v) is 2.55. The Kier molecular flexibility index (Phi) is 5.95. The molecule has 0 saturated heterocycles. The zero-order valence-electron chi connectivity index (χ0n) is 12.0. The third kappa shape index (κ3) is 4.56. The molecule has 1 atom stereocenters. The minimum atomic E-state index is -3.21. The van der Waals surface area contributed by atoms with E-state index in [2.05, 4.69) is 15.9 Å². The lowest BCUT2D eigenvalue weighted by atomic mass is 9.94. The van der Waals surface area contributed by atoms with Crippen molar-refractivity contribution in [3.05, 3.63) is 22.2 Å². The van der Waals surface area contributed by atoms with Gasteiger partial charge in [-0.3, -0.25) is 4.79 Å². The lowest BCUT2D eigenvalue weighted by Gasteiger charge is -2.23. The SMILES string of the molecule is COc1cc(C(F)(F)CC(C)CC(=O)O)c(OC)cc1Br. The molecule has 0 heterocycles. The van der Waals surface area contributed by atoms with E-state index in [-0.39, 0.29) is 23.5 Å². The molecule has 0 amide bonds. The molecule has 0 aromatic heterocycles. The number of methoxy groups -OCH3 is 2. The number of hydrogen-bond acceptors (Lipinski definition) is 3. The molecule has 1 rings (SSSR count). The number of halogens is 3. The van der Waals surface area contributed by atoms with Crippen molar-refractivity contribution < 1.29 is 28.2 Å². The van der Waals surface area contributed by atoms with Gasteiger partial charge in [0.2, 0.25) is 0 Å². The van der Waals surface area contributed by atoms with E-state index in [0.717, 1.165) is 0 Å². The smallest absolute Gasteiger partial charge is 0.303 e. The maximum Gasteiger partial charge on any atom is 0.303 e. The summed E-state index contributed by atoms with van der Waals surface area (Å²) in [5.41, 5.74) is -0.317. The van der Waals surface area contributed by atoms with Crippen LogP contribution in [0.1, 0.15) is 25.3 Å². The molecule has 4 nitrogen and oxygen atoms in total. The number of ether oxygens (including phenoxy) is 2. The van der Waals surface area contributed by atoms with E-state index in [4.69, 9.17) is 14.6 Å². The molecule has 0 aliphatic rings. The van der Waals surface area contributed by atoms with Crippen LogP contribution in [-0.2, 0) is 10.7 Å². The molecule has 21 heavy (non-hydrogen) atoms. The summed E-state index contributed by atoms with van der Waals surface area (Å²) in [5, 5.41) is 8.67. The maximum absolute atomic E-state index is 14.4. The van der Waals surface area contributed by atoms with Gasteiger partial charge in [0.15, 0.2) is 0 Å². The highest BCUT2D eigenvalue weighted by molar-refractivity contribution is 9.10. The van der Waals surface area contributed by atoms with Gasteiger partial charge in [0.1, 0.15) is 11.5 Å². The average molecular weight is 367 g/mol. The van der Waals surface area contributed by atoms with Crippen molar-refractivity contribution in [1.82, 2.24) is 0 Å². The number of hydrogen-bond donors (Lipinski definition) is 1. The average Bonchev–Trinajstić information content (AvgIpc) is 2.36. The Hall–Kier alpha value is -1.37. The predicted molar refractivity (Wildman–Crippen MR) is 77.2 cm³/mol. The van der Waals surface area contributed by atoms with Crippen LogP contribution in [0.25, 0.3) is 0 Å². The topological polar surface area (TPSA) is 55.8 Å². The van der Waals surface area contributed by atoms with Gasteiger partial charge in [-0.15, -0.1) is 0 Å². The van der Waals surface area contributed by atoms with Crippen LogP contribution in [-0.4, -0.2) is 25.3 Å². The lowest BCUT2D eigenvalue weighted by molar-refractivity contribution is -0.138. The van der Waals surface area contributed by atoms with Crippen molar-refractivity contribution in [3.8, 4) is 11.5 Å². The number of carboxylic acids is 1. The summed E-state index contributed by atoms with van der Waals surface area (Å²) in [4.78, 5) is 10.6. The molecule has 0 spiro atoms. The number of carbonyl (C=O) groups is 1. The molecular weight excluding hydrogens is 350 g/mol. The largest absolute Gasteiger partial charge is 0.496 e. The van der Waals surface area contributed by atoms with Gasteiger partial charge in [-0.2, -0.15) is 0 Å². The first-order valence-electron chi connectivity index (χ1n) is 6.23. The Morgan fingerprint density at radius 3 is 2.38 bits per heavy atom. The quantitative estimate of drug-likeness (QED) is 0.790. The Morgan fingerprint density at radius 2 is 1.90 bits per heavy atom. The number of carboxylic acid groups (broad SMARTS) is 1. The lowest BCUT2D eigenvalue weighted by Crippen LogP contribution is -2.20. The van der Waals surface area contributed by atoms with Gasteiger partial charge in [-0.25, -0.2) is 8.78 Å². The zero-order valence-corrected chi connectivity index (χ0v) is 13.5. The molecule has 0 aliphatic carbocycles. The van der Waals surface area contributed by atoms with Crippen LogP contribution in [0.3, 0.4) is 0 Å². The van der Waals surface area contributed by atoms with Crippen molar-refractivity contribution in [2.75, 3.05) is 14.2 Å². The van der Waals surface area contributed by atoms with Crippen molar-refractivity contribution in [3.63, 3.8) is 0 Å². The molecule has 118 valence electrons. The predicted octanol–water partition coefficient (Wildman–Crippen LogP) is 4.06. The highest BCUT2D eigenvalue weighted by atomic mass is 79.9. The second kappa shape index (κ2) is 7.06. The summed E-state index contributed by atoms with van der Waals surface area (Å²) in [6.07, 6.45) is -0.897. The fraction of sp³-hybridized carbons (Fsp3) is 0.500. The Labute approximate surface area is 130 Å². The Morgan fingerprint density at radius 1 is 1.33 bits per heavy atom. The number of rotatable bonds is 7. The molecule has 0 bridgehead atoms. The van der Waals surface area contributed by atoms with Gasteiger partial charge in [-0.1, -0.05) is 6.92 Å². The molecule has 1 aromatic carbocycles. The van der Waals surface area contributed by atoms with Crippen molar-refractivity contribution >= 4 is 21.9 Å². The van der Waals surface area contributed by atoms with E-state index in [9.17, 15) is 13.6 Å². The van der Waals surface area contributed by atoms with Crippen LogP contribution in [0, 0.1) is 5.92 Å². The molecule has 0 fully saturated rings. The molecule has 1 unspecified atom stereocenters. The number of aliphatic carboxylic acids is 1. The molecular formula is C14H17BrF2O4. The van der Waals surface area contributed by atoms with Crippen molar-refractivity contribution in [2.24, 2.45) is 5.92 Å². The Bertz CT molecular complexity index is 520. The van der Waals surface area contributed by atoms with Crippen molar-refractivity contribution in [2.45, 2.75) is 25.7 Å². The summed E-state index contributed by atoms with van der Waals surface area (Å²) in [6.45, 7) is 1.48. The van der Waals surface area contributed by atoms with Crippen LogP contribution in [0.2, 0.25) is 0 Å². The van der Waals surface area contributed by atoms with E-state index in [1.54, 1.807) is 0 Å². The zero-order chi connectivity index (χ0) is 16.2. The van der Waals surface area contributed by atoms with Gasteiger partial charge in [0.05, 0.1) is 24.3 Å². The minimum absolute atomic E-state index is 0.0233. The summed E-state index contributed by atoms with van der Waals surface area (Å²) in [7, 11) is 2.68. The van der Waals surface area contributed by atoms with Crippen LogP contribution in [0.5, 0.6) is 11.5 Å². The third-order valence-electron chi connectivity index (χ3n) is 3.00. The van der Waals surface area contributed by atoms with Gasteiger partial charge < -0.3 is 14.6 Å². The highest BCUT2D eigenvalue weighted by Gasteiger charge is 2.37. The van der Waals surface area contributed by atoms with Gasteiger partial charge >= 0.3 is 5.97 Å². The van der Waals surface area contributed by atoms with Crippen LogP contribution >= 0.6 is 15.9 Å². The number of alkyl halides is 2. The van der Waals surface area contributed by atoms with E-state index in [1.807, 2.05) is 0 Å². The molecule has 0 aliphatic heterocycles. The van der Waals surface area contributed by atoms with Gasteiger partial charge in [-0.05, 0) is 34.0 Å². The summed E-state index contributed by atoms with van der Waals surface area (Å²) < 4.78 is 39.3. The minimum Gasteiger partial charge on any atom is -0.496 e. The molecule has 1 aromatic rings. The molecule has 7 heteroatoms. The van der Waals surface area contributed by atoms with E-state index < -0.39 is 24.2 Å². The molecule has 1 N–H and O–H groups in total. The third-order valence-corrected chi connectivity index (χ3v) is 3.62. The van der Waals surface area contributed by atoms with Crippen LogP contribution < -0.4 is 9.47 Å². The van der Waals surface area contributed by atoms with E-state index >= 15 is 0 Å². The standard InChI is InChI=1S/C14H17BrF2O4/c1-8(4-13(18)19)7-14(16,17)9-5-12(21-3)10(15)6-11(9)20-2/h5-6,8H,4,7H2,1-3H3,(H,18,19). The van der Waals surface area contributed by atoms with Crippen LogP contribution in [0.4, 0.5) is 8.78 Å². The number of benzene rings is 1. The second-order valence-electron chi connectivity index (χ2n) is 4.80. The fourth-order valence-electron chi connectivity index (χ4n) is 2.06. The molecule has 0 radical (unpaired) electrons. The second-order valence-corrected chi connectivity index (χ2v) is 5.65. The summed E-state index contributed by atoms with van der Waals surface area (Å²) in [5.74, 6) is -4.70. The monoisotopic (exact) mass is 366 g/mol. The normalized spacial score (nSPS) is 12.9.